The number of thiophene rings is 1. The Balaban J connectivity index is 2.02. The first-order chi connectivity index (χ1) is 8.54. The highest BCUT2D eigenvalue weighted by Gasteiger charge is 2.07. The molecular weight excluding hydrogens is 264 g/mol. The van der Waals surface area contributed by atoms with E-state index in [9.17, 15) is 0 Å². The fraction of sp³-hybridized carbons (Fsp3) is 0.286. The fourth-order valence-electron chi connectivity index (χ4n) is 1.87. The Bertz CT molecular complexity index is 536. The number of aryl methyl sites for hydroxylation is 1. The Morgan fingerprint density at radius 1 is 1.33 bits per heavy atom. The minimum atomic E-state index is 0.323. The predicted octanol–water partition coefficient (Wildman–Crippen LogP) is 4.34. The molecule has 0 bridgehead atoms. The number of nitrogen functional groups attached to an aromatic ring is 1. The summed E-state index contributed by atoms with van der Waals surface area (Å²) in [5.74, 6) is 0. The summed E-state index contributed by atoms with van der Waals surface area (Å²) in [5, 5.41) is 4.11. The number of anilines is 2. The number of nitrogens with one attached hydrogen (secondary N) is 1. The summed E-state index contributed by atoms with van der Waals surface area (Å²) in [6.45, 7) is 4.27. The molecule has 0 aliphatic heterocycles. The Morgan fingerprint density at radius 3 is 2.78 bits per heavy atom. The molecule has 0 aliphatic rings. The number of nitrogens with two attached hydrogens (primary N) is 1. The SMILES string of the molecule is Cc1ccc(CC(C)Nc2cc(Cl)ccc2N)s1. The first-order valence-corrected chi connectivity index (χ1v) is 7.11. The van der Waals surface area contributed by atoms with E-state index >= 15 is 0 Å². The van der Waals surface area contributed by atoms with Crippen molar-refractivity contribution in [3.63, 3.8) is 0 Å². The maximum Gasteiger partial charge on any atom is 0.0591 e. The van der Waals surface area contributed by atoms with Gasteiger partial charge in [-0.05, 0) is 44.2 Å². The van der Waals surface area contributed by atoms with Gasteiger partial charge in [-0.1, -0.05) is 11.6 Å². The van der Waals surface area contributed by atoms with E-state index in [2.05, 4.69) is 31.3 Å². The van der Waals surface area contributed by atoms with Crippen molar-refractivity contribution in [3.8, 4) is 0 Å². The Kier molecular flexibility index (Phi) is 4.15. The van der Waals surface area contributed by atoms with Crippen molar-refractivity contribution in [2.24, 2.45) is 0 Å². The molecule has 2 nitrogen and oxygen atoms in total. The van der Waals surface area contributed by atoms with E-state index in [-0.39, 0.29) is 0 Å². The van der Waals surface area contributed by atoms with Crippen molar-refractivity contribution in [1.82, 2.24) is 0 Å². The smallest absolute Gasteiger partial charge is 0.0591 e. The molecule has 0 spiro atoms. The number of rotatable bonds is 4. The van der Waals surface area contributed by atoms with E-state index in [0.717, 1.165) is 17.8 Å². The molecule has 0 saturated carbocycles. The van der Waals surface area contributed by atoms with Gasteiger partial charge in [0.1, 0.15) is 0 Å². The van der Waals surface area contributed by atoms with E-state index < -0.39 is 0 Å². The summed E-state index contributed by atoms with van der Waals surface area (Å²) in [6.07, 6.45) is 0.991. The van der Waals surface area contributed by atoms with E-state index in [1.807, 2.05) is 23.5 Å². The van der Waals surface area contributed by atoms with Gasteiger partial charge in [0.25, 0.3) is 0 Å². The van der Waals surface area contributed by atoms with Gasteiger partial charge in [-0.15, -0.1) is 11.3 Å². The lowest BCUT2D eigenvalue weighted by molar-refractivity contribution is 0.801. The third kappa shape index (κ3) is 3.40. The lowest BCUT2D eigenvalue weighted by atomic mass is 10.2. The van der Waals surface area contributed by atoms with Crippen LogP contribution in [0.1, 0.15) is 16.7 Å². The van der Waals surface area contributed by atoms with Crippen molar-refractivity contribution in [1.29, 1.82) is 0 Å². The van der Waals surface area contributed by atoms with Gasteiger partial charge in [0.05, 0.1) is 11.4 Å². The molecule has 3 N–H and O–H groups in total. The lowest BCUT2D eigenvalue weighted by Crippen LogP contribution is -2.18. The van der Waals surface area contributed by atoms with Crippen molar-refractivity contribution in [2.45, 2.75) is 26.3 Å². The van der Waals surface area contributed by atoms with Crippen LogP contribution in [0.2, 0.25) is 5.02 Å². The number of benzene rings is 1. The van der Waals surface area contributed by atoms with Gasteiger partial charge in [0.15, 0.2) is 0 Å². The molecule has 2 rings (SSSR count). The number of halogens is 1. The van der Waals surface area contributed by atoms with E-state index in [1.165, 1.54) is 9.75 Å². The molecule has 0 saturated heterocycles. The highest BCUT2D eigenvalue weighted by Crippen LogP contribution is 2.25. The van der Waals surface area contributed by atoms with E-state index in [0.29, 0.717) is 11.1 Å². The molecule has 1 aromatic carbocycles. The number of hydrogen-bond acceptors (Lipinski definition) is 3. The second-order valence-corrected chi connectivity index (χ2v) is 6.30. The summed E-state index contributed by atoms with van der Waals surface area (Å²) in [5.41, 5.74) is 7.55. The molecule has 0 radical (unpaired) electrons. The summed E-state index contributed by atoms with van der Waals surface area (Å²) in [7, 11) is 0. The van der Waals surface area contributed by atoms with Crippen LogP contribution < -0.4 is 11.1 Å². The number of hydrogen-bond donors (Lipinski definition) is 2. The maximum absolute atomic E-state index is 5.97. The van der Waals surface area contributed by atoms with Crippen LogP contribution in [0.15, 0.2) is 30.3 Å². The van der Waals surface area contributed by atoms with Crippen LogP contribution >= 0.6 is 22.9 Å². The van der Waals surface area contributed by atoms with Crippen molar-refractivity contribution in [3.05, 3.63) is 45.1 Å². The zero-order valence-electron chi connectivity index (χ0n) is 10.5. The Labute approximate surface area is 117 Å². The summed E-state index contributed by atoms with van der Waals surface area (Å²) in [6, 6.07) is 10.2. The second-order valence-electron chi connectivity index (χ2n) is 4.49. The van der Waals surface area contributed by atoms with Crippen LogP contribution in [0.3, 0.4) is 0 Å². The molecule has 4 heteroatoms. The minimum absolute atomic E-state index is 0.323. The molecule has 1 unspecified atom stereocenters. The summed E-state index contributed by atoms with van der Waals surface area (Å²) in [4.78, 5) is 2.73. The maximum atomic E-state index is 5.97. The van der Waals surface area contributed by atoms with Gasteiger partial charge >= 0.3 is 0 Å². The Morgan fingerprint density at radius 2 is 2.11 bits per heavy atom. The monoisotopic (exact) mass is 280 g/mol. The third-order valence-corrected chi connectivity index (χ3v) is 3.98. The van der Waals surface area contributed by atoms with Crippen LogP contribution in [0.5, 0.6) is 0 Å². The average molecular weight is 281 g/mol. The summed E-state index contributed by atoms with van der Waals surface area (Å²) >= 11 is 7.81. The molecule has 96 valence electrons. The zero-order chi connectivity index (χ0) is 13.1. The second kappa shape index (κ2) is 5.63. The van der Waals surface area contributed by atoms with Crippen molar-refractivity contribution in [2.75, 3.05) is 11.1 Å². The lowest BCUT2D eigenvalue weighted by Gasteiger charge is -2.16. The molecule has 18 heavy (non-hydrogen) atoms. The highest BCUT2D eigenvalue weighted by atomic mass is 35.5. The highest BCUT2D eigenvalue weighted by molar-refractivity contribution is 7.11. The van der Waals surface area contributed by atoms with Gasteiger partial charge < -0.3 is 11.1 Å². The molecule has 0 aliphatic carbocycles. The van der Waals surface area contributed by atoms with Crippen LogP contribution in [-0.4, -0.2) is 6.04 Å². The van der Waals surface area contributed by atoms with Crippen LogP contribution in [0.4, 0.5) is 11.4 Å². The first-order valence-electron chi connectivity index (χ1n) is 5.91. The molecular formula is C14H17ClN2S. The van der Waals surface area contributed by atoms with Gasteiger partial charge in [-0.25, -0.2) is 0 Å². The minimum Gasteiger partial charge on any atom is -0.397 e. The quantitative estimate of drug-likeness (QED) is 0.818. The fourth-order valence-corrected chi connectivity index (χ4v) is 3.06. The molecule has 1 aromatic heterocycles. The Hall–Kier alpha value is -1.19. The zero-order valence-corrected chi connectivity index (χ0v) is 12.1. The topological polar surface area (TPSA) is 38.0 Å². The normalized spacial score (nSPS) is 12.4. The summed E-state index contributed by atoms with van der Waals surface area (Å²) < 4.78 is 0. The van der Waals surface area contributed by atoms with Crippen LogP contribution in [0.25, 0.3) is 0 Å². The van der Waals surface area contributed by atoms with Gasteiger partial charge in [-0.2, -0.15) is 0 Å². The van der Waals surface area contributed by atoms with E-state index in [1.54, 1.807) is 6.07 Å². The van der Waals surface area contributed by atoms with E-state index in [4.69, 9.17) is 17.3 Å². The third-order valence-electron chi connectivity index (χ3n) is 2.72. The first kappa shape index (κ1) is 13.2. The molecule has 1 atom stereocenters. The van der Waals surface area contributed by atoms with Gasteiger partial charge in [0.2, 0.25) is 0 Å². The average Bonchev–Trinajstić information content (AvgIpc) is 2.69. The molecule has 0 amide bonds. The standard InChI is InChI=1S/C14H17ClN2S/c1-9(7-12-5-3-10(2)18-12)17-14-8-11(15)4-6-13(14)16/h3-6,8-9,17H,7,16H2,1-2H3. The molecule has 2 aromatic rings. The van der Waals surface area contributed by atoms with Crippen LogP contribution in [-0.2, 0) is 6.42 Å². The van der Waals surface area contributed by atoms with Crippen molar-refractivity contribution < 1.29 is 0 Å². The predicted molar refractivity (Wildman–Crippen MR) is 81.7 cm³/mol. The van der Waals surface area contributed by atoms with Gasteiger partial charge in [-0.3, -0.25) is 0 Å². The largest absolute Gasteiger partial charge is 0.397 e. The van der Waals surface area contributed by atoms with Crippen LogP contribution in [0, 0.1) is 6.92 Å². The molecule has 0 fully saturated rings. The van der Waals surface area contributed by atoms with Crippen molar-refractivity contribution >= 4 is 34.3 Å². The molecule has 1 heterocycles. The van der Waals surface area contributed by atoms with Gasteiger partial charge in [0, 0.05) is 27.2 Å².